The fraction of sp³-hybridized carbons (Fsp3) is 0.481. The Morgan fingerprint density at radius 2 is 1.86 bits per heavy atom. The monoisotopic (exact) mass is 504 g/mol. The summed E-state index contributed by atoms with van der Waals surface area (Å²) in [7, 11) is 0. The van der Waals surface area contributed by atoms with Crippen LogP contribution in [0.4, 0.5) is 11.8 Å². The molecule has 0 bridgehead atoms. The van der Waals surface area contributed by atoms with E-state index in [0.29, 0.717) is 35.9 Å². The first-order chi connectivity index (χ1) is 18.1. The number of nitrogens with zero attached hydrogens (tertiary/aromatic N) is 7. The van der Waals surface area contributed by atoms with E-state index >= 15 is 0 Å². The number of pyridine rings is 1. The summed E-state index contributed by atoms with van der Waals surface area (Å²) in [6, 6.07) is 8.46. The summed E-state index contributed by atoms with van der Waals surface area (Å²) in [5.74, 6) is 1.46. The van der Waals surface area contributed by atoms with Gasteiger partial charge in [0.1, 0.15) is 5.52 Å². The average molecular weight is 505 g/mol. The van der Waals surface area contributed by atoms with Gasteiger partial charge in [-0.1, -0.05) is 31.5 Å². The smallest absolute Gasteiger partial charge is 0.222 e. The lowest BCUT2D eigenvalue weighted by Crippen LogP contribution is -2.46. The molecule has 0 atom stereocenters. The third kappa shape index (κ3) is 5.51. The Kier molecular flexibility index (Phi) is 7.78. The zero-order valence-corrected chi connectivity index (χ0v) is 21.4. The number of nitrogens with two attached hydrogens (primary N) is 1. The minimum Gasteiger partial charge on any atom is -0.396 e. The largest absolute Gasteiger partial charge is 0.396 e. The van der Waals surface area contributed by atoms with Gasteiger partial charge in [-0.15, -0.1) is 0 Å². The normalized spacial score (nSPS) is 14.5. The van der Waals surface area contributed by atoms with Crippen molar-refractivity contribution in [3.8, 4) is 0 Å². The molecule has 1 aliphatic heterocycles. The zero-order valence-electron chi connectivity index (χ0n) is 21.4. The van der Waals surface area contributed by atoms with Gasteiger partial charge in [-0.05, 0) is 36.0 Å². The van der Waals surface area contributed by atoms with Crippen LogP contribution in [0.2, 0.25) is 0 Å². The van der Waals surface area contributed by atoms with E-state index in [-0.39, 0.29) is 19.2 Å². The molecule has 37 heavy (non-hydrogen) atoms. The molecular formula is C27H36N8O2. The van der Waals surface area contributed by atoms with Crippen molar-refractivity contribution in [2.24, 2.45) is 5.92 Å². The van der Waals surface area contributed by atoms with Crippen LogP contribution in [0, 0.1) is 5.92 Å². The fourth-order valence-corrected chi connectivity index (χ4v) is 5.20. The van der Waals surface area contributed by atoms with Crippen LogP contribution in [0.1, 0.15) is 37.3 Å². The lowest BCUT2D eigenvalue weighted by atomic mass is 9.95. The van der Waals surface area contributed by atoms with E-state index < -0.39 is 0 Å². The molecule has 0 saturated carbocycles. The van der Waals surface area contributed by atoms with Crippen LogP contribution >= 0.6 is 0 Å². The molecule has 0 aliphatic carbocycles. The van der Waals surface area contributed by atoms with Crippen LogP contribution in [0.3, 0.4) is 0 Å². The molecule has 3 aromatic heterocycles. The number of anilines is 2. The first kappa shape index (κ1) is 25.3. The summed E-state index contributed by atoms with van der Waals surface area (Å²) < 4.78 is 1.87. The Morgan fingerprint density at radius 1 is 1.03 bits per heavy atom. The summed E-state index contributed by atoms with van der Waals surface area (Å²) in [4.78, 5) is 18.1. The number of aliphatic hydroxyl groups is 2. The van der Waals surface area contributed by atoms with Crippen LogP contribution in [0.15, 0.2) is 36.7 Å². The van der Waals surface area contributed by atoms with Gasteiger partial charge < -0.3 is 20.8 Å². The molecule has 0 radical (unpaired) electrons. The number of hydrogen-bond donors (Lipinski definition) is 3. The van der Waals surface area contributed by atoms with E-state index in [1.54, 1.807) is 0 Å². The molecule has 1 saturated heterocycles. The van der Waals surface area contributed by atoms with Gasteiger partial charge >= 0.3 is 0 Å². The molecule has 10 heteroatoms. The van der Waals surface area contributed by atoms with Crippen molar-refractivity contribution >= 4 is 33.7 Å². The van der Waals surface area contributed by atoms with Crippen molar-refractivity contribution in [3.63, 3.8) is 0 Å². The van der Waals surface area contributed by atoms with Gasteiger partial charge in [0.25, 0.3) is 0 Å². The third-order valence-electron chi connectivity index (χ3n) is 7.10. The zero-order chi connectivity index (χ0) is 25.8. The second kappa shape index (κ2) is 11.4. The minimum absolute atomic E-state index is 0.0271. The van der Waals surface area contributed by atoms with Gasteiger partial charge in [-0.25, -0.2) is 4.98 Å². The highest BCUT2D eigenvalue weighted by atomic mass is 16.3. The number of likely N-dealkylation sites (tertiary alicyclic amines) is 1. The van der Waals surface area contributed by atoms with Crippen molar-refractivity contribution in [2.45, 2.75) is 39.3 Å². The Labute approximate surface area is 216 Å². The first-order valence-electron chi connectivity index (χ1n) is 13.1. The topological polar surface area (TPSA) is 129 Å². The molecule has 0 amide bonds. The summed E-state index contributed by atoms with van der Waals surface area (Å²) in [5.41, 5.74) is 10.7. The second-order valence-corrected chi connectivity index (χ2v) is 9.89. The number of fused-ring (bicyclic) bond motifs is 2. The molecule has 5 rings (SSSR count). The first-order valence-corrected chi connectivity index (χ1v) is 13.1. The fourth-order valence-electron chi connectivity index (χ4n) is 5.20. The van der Waals surface area contributed by atoms with Crippen LogP contribution in [-0.2, 0) is 13.1 Å². The summed E-state index contributed by atoms with van der Waals surface area (Å²) in [6.07, 6.45) is 6.63. The predicted molar refractivity (Wildman–Crippen MR) is 145 cm³/mol. The maximum absolute atomic E-state index is 9.61. The van der Waals surface area contributed by atoms with E-state index in [9.17, 15) is 10.2 Å². The standard InChI is InChI=1S/C27H36N8O2/c1-2-3-10-34(11-13-37)26-25-23(30-27(28)31-26)18-35(32-25)17-21-7-6-20(22-5-4-9-29-24(21)22)16-33-14-19(15-33)8-12-36/h4-7,9,18-19,36-37H,2-3,8,10-17H2,1H3,(H2,28,30). The van der Waals surface area contributed by atoms with E-state index in [1.807, 2.05) is 28.0 Å². The SMILES string of the molecule is CCCCN(CCO)c1nc(N)nc2cn(Cc3ccc(CN4CC(CCO)C4)c4cccnc34)nc12. The maximum atomic E-state index is 9.61. The number of unbranched alkanes of at least 4 members (excludes halogenated alkanes) is 1. The van der Waals surface area contributed by atoms with Crippen molar-refractivity contribution in [2.75, 3.05) is 50.0 Å². The van der Waals surface area contributed by atoms with Crippen molar-refractivity contribution in [1.82, 2.24) is 29.6 Å². The highest BCUT2D eigenvalue weighted by Gasteiger charge is 2.26. The van der Waals surface area contributed by atoms with Crippen molar-refractivity contribution in [1.29, 1.82) is 0 Å². The van der Waals surface area contributed by atoms with Gasteiger partial charge in [0.15, 0.2) is 11.3 Å². The van der Waals surface area contributed by atoms with Crippen LogP contribution in [0.25, 0.3) is 21.9 Å². The van der Waals surface area contributed by atoms with Crippen molar-refractivity contribution < 1.29 is 10.2 Å². The molecule has 196 valence electrons. The number of nitrogen functional groups attached to an aromatic ring is 1. The molecule has 4 N–H and O–H groups in total. The quantitative estimate of drug-likeness (QED) is 0.266. The molecule has 1 aromatic carbocycles. The van der Waals surface area contributed by atoms with Crippen LogP contribution in [0.5, 0.6) is 0 Å². The molecule has 10 nitrogen and oxygen atoms in total. The lowest BCUT2D eigenvalue weighted by molar-refractivity contribution is 0.0727. The number of rotatable bonds is 12. The molecule has 0 spiro atoms. The Bertz CT molecular complexity index is 1350. The molecule has 0 unspecified atom stereocenters. The van der Waals surface area contributed by atoms with E-state index in [1.165, 1.54) is 5.56 Å². The summed E-state index contributed by atoms with van der Waals surface area (Å²) in [6.45, 7) is 7.14. The minimum atomic E-state index is 0.0271. The number of aliphatic hydroxyl groups excluding tert-OH is 2. The van der Waals surface area contributed by atoms with Gasteiger partial charge in [0.2, 0.25) is 5.95 Å². The number of hydrogen-bond acceptors (Lipinski definition) is 9. The molecule has 1 aliphatic rings. The molecular weight excluding hydrogens is 468 g/mol. The Hall–Kier alpha value is -3.34. The highest BCUT2D eigenvalue weighted by Crippen LogP contribution is 2.28. The summed E-state index contributed by atoms with van der Waals surface area (Å²) in [5, 5.41) is 24.8. The van der Waals surface area contributed by atoms with Gasteiger partial charge in [-0.2, -0.15) is 10.1 Å². The number of benzene rings is 1. The Balaban J connectivity index is 1.42. The molecule has 1 fully saturated rings. The second-order valence-electron chi connectivity index (χ2n) is 9.89. The molecule has 4 aromatic rings. The highest BCUT2D eigenvalue weighted by molar-refractivity contribution is 5.87. The van der Waals surface area contributed by atoms with Crippen LogP contribution < -0.4 is 10.6 Å². The van der Waals surface area contributed by atoms with E-state index in [4.69, 9.17) is 15.8 Å². The van der Waals surface area contributed by atoms with Gasteiger partial charge in [0.05, 0.1) is 24.9 Å². The third-order valence-corrected chi connectivity index (χ3v) is 7.10. The molecule has 4 heterocycles. The van der Waals surface area contributed by atoms with E-state index in [0.717, 1.165) is 61.9 Å². The number of aromatic nitrogens is 5. The van der Waals surface area contributed by atoms with E-state index in [2.05, 4.69) is 40.0 Å². The van der Waals surface area contributed by atoms with Gasteiger partial charge in [0, 0.05) is 50.9 Å². The van der Waals surface area contributed by atoms with Crippen LogP contribution in [-0.4, -0.2) is 79.2 Å². The van der Waals surface area contributed by atoms with Crippen molar-refractivity contribution in [3.05, 3.63) is 47.8 Å². The van der Waals surface area contributed by atoms with Gasteiger partial charge in [-0.3, -0.25) is 14.6 Å². The predicted octanol–water partition coefficient (Wildman–Crippen LogP) is 2.42. The summed E-state index contributed by atoms with van der Waals surface area (Å²) >= 11 is 0. The Morgan fingerprint density at radius 3 is 2.65 bits per heavy atom. The average Bonchev–Trinajstić information content (AvgIpc) is 3.28. The maximum Gasteiger partial charge on any atom is 0.222 e. The lowest BCUT2D eigenvalue weighted by Gasteiger charge is -2.39.